The van der Waals surface area contributed by atoms with E-state index in [2.05, 4.69) is 4.98 Å². The molecule has 2 aromatic rings. The third-order valence-electron chi connectivity index (χ3n) is 4.03. The summed E-state index contributed by atoms with van der Waals surface area (Å²) in [6.07, 6.45) is 2.44. The minimum absolute atomic E-state index is 0.0213. The summed E-state index contributed by atoms with van der Waals surface area (Å²) in [5.41, 5.74) is 1.04. The molecule has 0 amide bonds. The van der Waals surface area contributed by atoms with E-state index in [0.29, 0.717) is 13.0 Å². The number of pyridine rings is 1. The van der Waals surface area contributed by atoms with Crippen LogP contribution in [0.1, 0.15) is 12.0 Å². The second-order valence-electron chi connectivity index (χ2n) is 5.93. The summed E-state index contributed by atoms with van der Waals surface area (Å²) in [6.45, 7) is 1.28. The predicted octanol–water partition coefficient (Wildman–Crippen LogP) is 2.74. The van der Waals surface area contributed by atoms with Gasteiger partial charge in [0.25, 0.3) is 0 Å². The summed E-state index contributed by atoms with van der Waals surface area (Å²) in [4.78, 5) is 29.3. The van der Waals surface area contributed by atoms with Gasteiger partial charge in [-0.2, -0.15) is 0 Å². The summed E-state index contributed by atoms with van der Waals surface area (Å²) < 4.78 is 5.77. The average molecular weight is 356 g/mol. The predicted molar refractivity (Wildman–Crippen MR) is 99.2 cm³/mol. The van der Waals surface area contributed by atoms with Gasteiger partial charge in [0.05, 0.1) is 18.2 Å². The third-order valence-corrected chi connectivity index (χ3v) is 5.15. The fourth-order valence-electron chi connectivity index (χ4n) is 2.61. The Morgan fingerprint density at radius 1 is 1.20 bits per heavy atom. The van der Waals surface area contributed by atoms with E-state index in [0.717, 1.165) is 35.4 Å². The molecule has 6 heteroatoms. The number of anilines is 1. The van der Waals surface area contributed by atoms with Crippen molar-refractivity contribution in [1.29, 1.82) is 0 Å². The standard InChI is InChI=1S/C19H20N2O3S/c1-21(18-4-2-3-9-20-18)10-11-24-15-7-5-14(6-8-15)12-17-16(22)13-19(23)25-17/h2-9,17H,10-13H2,1H3. The largest absolute Gasteiger partial charge is 0.492 e. The van der Waals surface area contributed by atoms with Gasteiger partial charge in [0.15, 0.2) is 10.9 Å². The van der Waals surface area contributed by atoms with Gasteiger partial charge in [0.2, 0.25) is 0 Å². The smallest absolute Gasteiger partial charge is 0.197 e. The topological polar surface area (TPSA) is 59.5 Å². The van der Waals surface area contributed by atoms with Crippen LogP contribution < -0.4 is 9.64 Å². The Morgan fingerprint density at radius 2 is 2.00 bits per heavy atom. The molecule has 25 heavy (non-hydrogen) atoms. The first-order valence-electron chi connectivity index (χ1n) is 8.18. The molecule has 0 bridgehead atoms. The molecule has 0 spiro atoms. The molecule has 1 atom stereocenters. The van der Waals surface area contributed by atoms with Crippen LogP contribution in [0.3, 0.4) is 0 Å². The van der Waals surface area contributed by atoms with Crippen LogP contribution in [0.5, 0.6) is 5.75 Å². The summed E-state index contributed by atoms with van der Waals surface area (Å²) in [5.74, 6) is 1.74. The number of thioether (sulfide) groups is 1. The lowest BCUT2D eigenvalue weighted by molar-refractivity contribution is -0.121. The molecule has 1 aliphatic rings. The van der Waals surface area contributed by atoms with Gasteiger partial charge in [0, 0.05) is 13.2 Å². The van der Waals surface area contributed by atoms with Crippen LogP contribution in [0.2, 0.25) is 0 Å². The van der Waals surface area contributed by atoms with Crippen molar-refractivity contribution in [3.63, 3.8) is 0 Å². The van der Waals surface area contributed by atoms with Crippen molar-refractivity contribution in [3.05, 3.63) is 54.2 Å². The fraction of sp³-hybridized carbons (Fsp3) is 0.316. The lowest BCUT2D eigenvalue weighted by atomic mass is 10.1. The number of hydrogen-bond donors (Lipinski definition) is 0. The van der Waals surface area contributed by atoms with E-state index in [4.69, 9.17) is 4.74 Å². The number of carbonyl (C=O) groups is 2. The van der Waals surface area contributed by atoms with E-state index in [9.17, 15) is 9.59 Å². The molecule has 1 fully saturated rings. The molecule has 130 valence electrons. The Bertz CT molecular complexity index is 734. The molecule has 0 radical (unpaired) electrons. The Morgan fingerprint density at radius 3 is 2.64 bits per heavy atom. The van der Waals surface area contributed by atoms with Crippen LogP contribution in [0.15, 0.2) is 48.7 Å². The Kier molecular flexibility index (Phi) is 5.71. The van der Waals surface area contributed by atoms with E-state index in [-0.39, 0.29) is 22.6 Å². The number of Topliss-reactive ketones (excluding diaryl/α,β-unsaturated/α-hetero) is 1. The zero-order valence-electron chi connectivity index (χ0n) is 14.1. The lowest BCUT2D eigenvalue weighted by Gasteiger charge is -2.18. The van der Waals surface area contributed by atoms with Crippen molar-refractivity contribution in [2.75, 3.05) is 25.1 Å². The first kappa shape index (κ1) is 17.5. The zero-order chi connectivity index (χ0) is 17.6. The molecule has 1 aromatic carbocycles. The first-order valence-corrected chi connectivity index (χ1v) is 9.06. The van der Waals surface area contributed by atoms with Gasteiger partial charge in [-0.3, -0.25) is 9.59 Å². The van der Waals surface area contributed by atoms with Crippen molar-refractivity contribution < 1.29 is 14.3 Å². The molecule has 3 rings (SSSR count). The molecule has 0 N–H and O–H groups in total. The van der Waals surface area contributed by atoms with Crippen molar-refractivity contribution in [2.45, 2.75) is 18.1 Å². The molecule has 1 aliphatic heterocycles. The maximum Gasteiger partial charge on any atom is 0.197 e. The highest BCUT2D eigenvalue weighted by molar-refractivity contribution is 8.15. The van der Waals surface area contributed by atoms with E-state index >= 15 is 0 Å². The molecule has 1 unspecified atom stereocenters. The Hall–Kier alpha value is -2.34. The van der Waals surface area contributed by atoms with Crippen LogP contribution in [0.25, 0.3) is 0 Å². The second kappa shape index (κ2) is 8.16. The van der Waals surface area contributed by atoms with Crippen LogP contribution in [-0.4, -0.2) is 41.3 Å². The minimum atomic E-state index is -0.230. The minimum Gasteiger partial charge on any atom is -0.492 e. The van der Waals surface area contributed by atoms with Gasteiger partial charge in [-0.15, -0.1) is 0 Å². The lowest BCUT2D eigenvalue weighted by Crippen LogP contribution is -2.24. The monoisotopic (exact) mass is 356 g/mol. The molecule has 5 nitrogen and oxygen atoms in total. The van der Waals surface area contributed by atoms with Gasteiger partial charge >= 0.3 is 0 Å². The highest BCUT2D eigenvalue weighted by atomic mass is 32.2. The number of ether oxygens (including phenoxy) is 1. The number of hydrogen-bond acceptors (Lipinski definition) is 6. The third kappa shape index (κ3) is 4.82. The molecule has 0 aliphatic carbocycles. The summed E-state index contributed by atoms with van der Waals surface area (Å²) in [6, 6.07) is 13.5. The van der Waals surface area contributed by atoms with Gasteiger partial charge in [-0.25, -0.2) is 4.98 Å². The number of likely N-dealkylation sites (N-methyl/N-ethyl adjacent to an activating group) is 1. The molecular weight excluding hydrogens is 336 g/mol. The Labute approximate surface area is 151 Å². The maximum absolute atomic E-state index is 11.7. The van der Waals surface area contributed by atoms with Crippen LogP contribution in [-0.2, 0) is 16.0 Å². The molecule has 1 saturated heterocycles. The normalized spacial score (nSPS) is 16.9. The average Bonchev–Trinajstić information content (AvgIpc) is 2.94. The number of ketones is 1. The number of benzene rings is 1. The van der Waals surface area contributed by atoms with Crippen molar-refractivity contribution >= 4 is 28.5 Å². The maximum atomic E-state index is 11.7. The number of rotatable bonds is 7. The van der Waals surface area contributed by atoms with Gasteiger partial charge in [0.1, 0.15) is 18.2 Å². The van der Waals surface area contributed by atoms with Crippen LogP contribution in [0.4, 0.5) is 5.82 Å². The van der Waals surface area contributed by atoms with Crippen LogP contribution in [0, 0.1) is 0 Å². The SMILES string of the molecule is CN(CCOc1ccc(CC2SC(=O)CC2=O)cc1)c1ccccn1. The van der Waals surface area contributed by atoms with Gasteiger partial charge in [-0.05, 0) is 36.2 Å². The van der Waals surface area contributed by atoms with E-state index in [1.165, 1.54) is 0 Å². The molecule has 0 saturated carbocycles. The quantitative estimate of drug-likeness (QED) is 0.711. The van der Waals surface area contributed by atoms with Crippen molar-refractivity contribution in [3.8, 4) is 5.75 Å². The summed E-state index contributed by atoms with van der Waals surface area (Å²) >= 11 is 1.16. The van der Waals surface area contributed by atoms with Gasteiger partial charge in [-0.1, -0.05) is 30.0 Å². The first-order chi connectivity index (χ1) is 12.1. The van der Waals surface area contributed by atoms with Crippen molar-refractivity contribution in [2.24, 2.45) is 0 Å². The van der Waals surface area contributed by atoms with Crippen LogP contribution >= 0.6 is 11.8 Å². The number of carbonyl (C=O) groups excluding carboxylic acids is 2. The number of aromatic nitrogens is 1. The molecule has 1 aromatic heterocycles. The van der Waals surface area contributed by atoms with E-state index < -0.39 is 0 Å². The fourth-order valence-corrected chi connectivity index (χ4v) is 3.64. The zero-order valence-corrected chi connectivity index (χ0v) is 14.9. The second-order valence-corrected chi connectivity index (χ2v) is 7.19. The summed E-state index contributed by atoms with van der Waals surface area (Å²) in [5, 5.41) is -0.252. The van der Waals surface area contributed by atoms with Gasteiger partial charge < -0.3 is 9.64 Å². The number of nitrogens with zero attached hydrogens (tertiary/aromatic N) is 2. The molecular formula is C19H20N2O3S. The van der Waals surface area contributed by atoms with E-state index in [1.807, 2.05) is 54.4 Å². The highest BCUT2D eigenvalue weighted by Crippen LogP contribution is 2.28. The van der Waals surface area contributed by atoms with Crippen molar-refractivity contribution in [1.82, 2.24) is 4.98 Å². The molecule has 2 heterocycles. The Balaban J connectivity index is 1.46. The van der Waals surface area contributed by atoms with E-state index in [1.54, 1.807) is 6.20 Å². The highest BCUT2D eigenvalue weighted by Gasteiger charge is 2.31. The summed E-state index contributed by atoms with van der Waals surface area (Å²) in [7, 11) is 1.98.